The maximum absolute atomic E-state index is 12.1. The standard InChI is InChI=1S/C22H27ClN4O2/c1-17(16-26-11-13-27(14-12-26)20-5-3-2-4-6-20)25-22(29)21(28)24-15-18-7-9-19(23)10-8-18/h2-10,17H,11-16H2,1H3,(H,24,28)(H,25,29). The summed E-state index contributed by atoms with van der Waals surface area (Å²) in [7, 11) is 0. The van der Waals surface area contributed by atoms with Crippen LogP contribution < -0.4 is 15.5 Å². The summed E-state index contributed by atoms with van der Waals surface area (Å²) in [6.07, 6.45) is 0. The average molecular weight is 415 g/mol. The molecule has 1 fully saturated rings. The molecule has 0 aliphatic carbocycles. The van der Waals surface area contributed by atoms with E-state index in [-0.39, 0.29) is 6.04 Å². The van der Waals surface area contributed by atoms with Gasteiger partial charge in [-0.05, 0) is 36.8 Å². The minimum absolute atomic E-state index is 0.105. The van der Waals surface area contributed by atoms with E-state index < -0.39 is 11.8 Å². The van der Waals surface area contributed by atoms with Crippen LogP contribution in [0.5, 0.6) is 0 Å². The molecule has 1 heterocycles. The lowest BCUT2D eigenvalue weighted by molar-refractivity contribution is -0.139. The van der Waals surface area contributed by atoms with Gasteiger partial charge >= 0.3 is 11.8 Å². The van der Waals surface area contributed by atoms with E-state index in [9.17, 15) is 9.59 Å². The fraction of sp³-hybridized carbons (Fsp3) is 0.364. The molecule has 0 spiro atoms. The third kappa shape index (κ3) is 6.48. The lowest BCUT2D eigenvalue weighted by Gasteiger charge is -2.37. The molecule has 0 aromatic heterocycles. The van der Waals surface area contributed by atoms with Crippen molar-refractivity contribution in [2.24, 2.45) is 0 Å². The van der Waals surface area contributed by atoms with E-state index in [4.69, 9.17) is 11.6 Å². The molecule has 154 valence electrons. The molecule has 2 amide bonds. The Balaban J connectivity index is 1.37. The number of piperazine rings is 1. The van der Waals surface area contributed by atoms with Crippen molar-refractivity contribution in [3.05, 3.63) is 65.2 Å². The van der Waals surface area contributed by atoms with E-state index in [0.29, 0.717) is 11.6 Å². The van der Waals surface area contributed by atoms with E-state index in [0.717, 1.165) is 38.3 Å². The van der Waals surface area contributed by atoms with Crippen LogP contribution >= 0.6 is 11.6 Å². The molecule has 1 unspecified atom stereocenters. The number of rotatable bonds is 6. The zero-order valence-electron chi connectivity index (χ0n) is 16.6. The van der Waals surface area contributed by atoms with Gasteiger partial charge in [0.05, 0.1) is 0 Å². The zero-order chi connectivity index (χ0) is 20.6. The first-order chi connectivity index (χ1) is 14.0. The van der Waals surface area contributed by atoms with Crippen molar-refractivity contribution in [2.75, 3.05) is 37.6 Å². The molecular formula is C22H27ClN4O2. The van der Waals surface area contributed by atoms with Crippen molar-refractivity contribution in [3.8, 4) is 0 Å². The van der Waals surface area contributed by atoms with Gasteiger partial charge in [0.2, 0.25) is 0 Å². The highest BCUT2D eigenvalue weighted by atomic mass is 35.5. The van der Waals surface area contributed by atoms with Gasteiger partial charge in [0.1, 0.15) is 0 Å². The highest BCUT2D eigenvalue weighted by molar-refractivity contribution is 6.35. The minimum Gasteiger partial charge on any atom is -0.369 e. The van der Waals surface area contributed by atoms with Crippen LogP contribution in [0, 0.1) is 0 Å². The molecule has 2 aromatic rings. The Morgan fingerprint density at radius 2 is 1.62 bits per heavy atom. The van der Waals surface area contributed by atoms with Crippen molar-refractivity contribution in [2.45, 2.75) is 19.5 Å². The van der Waals surface area contributed by atoms with Gasteiger partial charge in [-0.15, -0.1) is 0 Å². The highest BCUT2D eigenvalue weighted by Gasteiger charge is 2.21. The van der Waals surface area contributed by atoms with Gasteiger partial charge in [-0.3, -0.25) is 14.5 Å². The van der Waals surface area contributed by atoms with Gasteiger partial charge in [-0.2, -0.15) is 0 Å². The first-order valence-corrected chi connectivity index (χ1v) is 10.2. The van der Waals surface area contributed by atoms with Gasteiger partial charge < -0.3 is 15.5 Å². The Morgan fingerprint density at radius 3 is 2.28 bits per heavy atom. The van der Waals surface area contributed by atoms with Crippen molar-refractivity contribution in [3.63, 3.8) is 0 Å². The molecule has 1 aliphatic rings. The largest absolute Gasteiger partial charge is 0.369 e. The fourth-order valence-electron chi connectivity index (χ4n) is 3.41. The second kappa shape index (κ2) is 10.3. The predicted octanol–water partition coefficient (Wildman–Crippen LogP) is 2.28. The van der Waals surface area contributed by atoms with Crippen LogP contribution in [0.15, 0.2) is 54.6 Å². The number of para-hydroxylation sites is 1. The maximum atomic E-state index is 12.1. The first kappa shape index (κ1) is 21.1. The number of carbonyl (C=O) groups is 2. The molecule has 0 bridgehead atoms. The molecule has 0 saturated carbocycles. The second-order valence-corrected chi connectivity index (χ2v) is 7.74. The van der Waals surface area contributed by atoms with E-state index in [1.165, 1.54) is 5.69 Å². The summed E-state index contributed by atoms with van der Waals surface area (Å²) in [5, 5.41) is 6.06. The van der Waals surface area contributed by atoms with Crippen LogP contribution in [-0.4, -0.2) is 55.5 Å². The Hall–Kier alpha value is -2.57. The van der Waals surface area contributed by atoms with Crippen molar-refractivity contribution < 1.29 is 9.59 Å². The normalized spacial score (nSPS) is 15.6. The number of benzene rings is 2. The van der Waals surface area contributed by atoms with Crippen molar-refractivity contribution in [1.29, 1.82) is 0 Å². The van der Waals surface area contributed by atoms with E-state index in [2.05, 4.69) is 44.7 Å². The Bertz CT molecular complexity index is 805. The highest BCUT2D eigenvalue weighted by Crippen LogP contribution is 2.15. The molecule has 6 nitrogen and oxygen atoms in total. The summed E-state index contributed by atoms with van der Waals surface area (Å²) >= 11 is 5.84. The van der Waals surface area contributed by atoms with Gasteiger partial charge in [0.15, 0.2) is 0 Å². The number of hydrogen-bond acceptors (Lipinski definition) is 4. The third-order valence-corrected chi connectivity index (χ3v) is 5.23. The van der Waals surface area contributed by atoms with Gasteiger partial charge in [0.25, 0.3) is 0 Å². The molecule has 2 aromatic carbocycles. The molecular weight excluding hydrogens is 388 g/mol. The quantitative estimate of drug-likeness (QED) is 0.712. The smallest absolute Gasteiger partial charge is 0.309 e. The number of nitrogens with one attached hydrogen (secondary N) is 2. The number of amides is 2. The molecule has 29 heavy (non-hydrogen) atoms. The summed E-state index contributed by atoms with van der Waals surface area (Å²) in [4.78, 5) is 28.9. The Morgan fingerprint density at radius 1 is 0.966 bits per heavy atom. The van der Waals surface area contributed by atoms with Crippen LogP contribution in [0.2, 0.25) is 5.02 Å². The predicted molar refractivity (Wildman–Crippen MR) is 116 cm³/mol. The van der Waals surface area contributed by atoms with Crippen LogP contribution in [0.25, 0.3) is 0 Å². The van der Waals surface area contributed by atoms with E-state index in [1.54, 1.807) is 12.1 Å². The molecule has 1 atom stereocenters. The zero-order valence-corrected chi connectivity index (χ0v) is 17.4. The van der Waals surface area contributed by atoms with Gasteiger partial charge in [-0.1, -0.05) is 41.9 Å². The first-order valence-electron chi connectivity index (χ1n) is 9.87. The van der Waals surface area contributed by atoms with Crippen LogP contribution in [0.4, 0.5) is 5.69 Å². The minimum atomic E-state index is -0.624. The number of hydrogen-bond donors (Lipinski definition) is 2. The van der Waals surface area contributed by atoms with Crippen LogP contribution in [0.3, 0.4) is 0 Å². The van der Waals surface area contributed by atoms with Gasteiger partial charge in [-0.25, -0.2) is 0 Å². The summed E-state index contributed by atoms with van der Waals surface area (Å²) in [6.45, 7) is 6.69. The van der Waals surface area contributed by atoms with Gasteiger partial charge in [0, 0.05) is 56.0 Å². The second-order valence-electron chi connectivity index (χ2n) is 7.31. The number of carbonyl (C=O) groups excluding carboxylic acids is 2. The lowest BCUT2D eigenvalue weighted by Crippen LogP contribution is -2.52. The van der Waals surface area contributed by atoms with E-state index in [1.807, 2.05) is 25.1 Å². The Labute approximate surface area is 176 Å². The summed E-state index contributed by atoms with van der Waals surface area (Å²) in [5.41, 5.74) is 2.13. The SMILES string of the molecule is CC(CN1CCN(c2ccccc2)CC1)NC(=O)C(=O)NCc1ccc(Cl)cc1. The van der Waals surface area contributed by atoms with E-state index >= 15 is 0 Å². The maximum Gasteiger partial charge on any atom is 0.309 e. The molecule has 2 N–H and O–H groups in total. The van der Waals surface area contributed by atoms with Crippen molar-refractivity contribution >= 4 is 29.1 Å². The average Bonchev–Trinajstić information content (AvgIpc) is 2.74. The summed E-state index contributed by atoms with van der Waals surface area (Å²) in [5.74, 6) is -1.23. The molecule has 7 heteroatoms. The lowest BCUT2D eigenvalue weighted by atomic mass is 10.2. The Kier molecular flexibility index (Phi) is 7.49. The number of nitrogens with zero attached hydrogens (tertiary/aromatic N) is 2. The summed E-state index contributed by atoms with van der Waals surface area (Å²) < 4.78 is 0. The van der Waals surface area contributed by atoms with Crippen molar-refractivity contribution in [1.82, 2.24) is 15.5 Å². The van der Waals surface area contributed by atoms with Crippen LogP contribution in [0.1, 0.15) is 12.5 Å². The number of anilines is 1. The monoisotopic (exact) mass is 414 g/mol. The fourth-order valence-corrected chi connectivity index (χ4v) is 3.54. The topological polar surface area (TPSA) is 64.7 Å². The number of halogens is 1. The third-order valence-electron chi connectivity index (χ3n) is 4.98. The molecule has 3 rings (SSSR count). The molecule has 1 aliphatic heterocycles. The van der Waals surface area contributed by atoms with Crippen LogP contribution in [-0.2, 0) is 16.1 Å². The summed E-state index contributed by atoms with van der Waals surface area (Å²) in [6, 6.07) is 17.4. The molecule has 0 radical (unpaired) electrons. The molecule has 1 saturated heterocycles.